The minimum Gasteiger partial charge on any atom is -0.122 e. The van der Waals surface area contributed by atoms with E-state index in [1.807, 2.05) is 0 Å². The number of alkyl halides is 1. The molecule has 1 aromatic rings. The number of rotatable bonds is 2. The van der Waals surface area contributed by atoms with Gasteiger partial charge in [-0.1, -0.05) is 49.1 Å². The minimum atomic E-state index is -1.11. The van der Waals surface area contributed by atoms with E-state index in [-0.39, 0.29) is 0 Å². The first-order valence-corrected chi connectivity index (χ1v) is 8.23. The fourth-order valence-corrected chi connectivity index (χ4v) is 2.44. The summed E-state index contributed by atoms with van der Waals surface area (Å²) in [7, 11) is -1.11. The highest BCUT2D eigenvalue weighted by atomic mass is 35.5. The molecule has 1 rings (SSSR count). The molecule has 0 aliphatic rings. The number of hydrogen-bond donors (Lipinski definition) is 0. The molecule has 0 aliphatic carbocycles. The van der Waals surface area contributed by atoms with Crippen molar-refractivity contribution in [3.8, 4) is 0 Å². The van der Waals surface area contributed by atoms with Crippen molar-refractivity contribution in [2.24, 2.45) is 0 Å². The summed E-state index contributed by atoms with van der Waals surface area (Å²) in [6.07, 6.45) is 0. The Morgan fingerprint density at radius 3 is 1.92 bits per heavy atom. The van der Waals surface area contributed by atoms with Crippen LogP contribution in [0.4, 0.5) is 0 Å². The second-order valence-electron chi connectivity index (χ2n) is 4.08. The van der Waals surface area contributed by atoms with E-state index >= 15 is 0 Å². The molecule has 0 aliphatic heterocycles. The fourth-order valence-electron chi connectivity index (χ4n) is 1.09. The largest absolute Gasteiger partial charge is 0.122 e. The van der Waals surface area contributed by atoms with Crippen LogP contribution in [0.2, 0.25) is 19.6 Å². The first kappa shape index (κ1) is 9.81. The fraction of sp³-hybridized carbons (Fsp3) is 0.400. The Balaban J connectivity index is 2.93. The molecule has 66 valence electrons. The summed E-state index contributed by atoms with van der Waals surface area (Å²) < 4.78 is 0. The minimum absolute atomic E-state index is 0.617. The predicted octanol–water partition coefficient (Wildman–Crippen LogP) is 2.97. The molecule has 0 heterocycles. The molecule has 0 saturated carbocycles. The van der Waals surface area contributed by atoms with Gasteiger partial charge in [0.05, 0.1) is 8.07 Å². The van der Waals surface area contributed by atoms with Crippen molar-refractivity contribution in [1.29, 1.82) is 0 Å². The van der Waals surface area contributed by atoms with Gasteiger partial charge in [0, 0.05) is 5.88 Å². The molecule has 12 heavy (non-hydrogen) atoms. The van der Waals surface area contributed by atoms with Crippen LogP contribution in [0.3, 0.4) is 0 Å². The number of hydrogen-bond acceptors (Lipinski definition) is 0. The van der Waals surface area contributed by atoms with Gasteiger partial charge in [-0.2, -0.15) is 0 Å². The van der Waals surface area contributed by atoms with Gasteiger partial charge in [0.2, 0.25) is 0 Å². The summed E-state index contributed by atoms with van der Waals surface area (Å²) in [6, 6.07) is 8.68. The molecule has 2 heteroatoms. The predicted molar refractivity (Wildman–Crippen MR) is 59.0 cm³/mol. The van der Waals surface area contributed by atoms with Crippen LogP contribution in [0, 0.1) is 0 Å². The summed E-state index contributed by atoms with van der Waals surface area (Å²) in [5.74, 6) is 0.617. The number of benzene rings is 1. The van der Waals surface area contributed by atoms with Gasteiger partial charge in [0.15, 0.2) is 0 Å². The Labute approximate surface area is 80.6 Å². The van der Waals surface area contributed by atoms with Gasteiger partial charge in [0.1, 0.15) is 0 Å². The van der Waals surface area contributed by atoms with Crippen LogP contribution < -0.4 is 5.19 Å². The lowest BCUT2D eigenvalue weighted by Crippen LogP contribution is -2.37. The molecule has 0 nitrogen and oxygen atoms in total. The van der Waals surface area contributed by atoms with E-state index < -0.39 is 8.07 Å². The van der Waals surface area contributed by atoms with Crippen LogP contribution in [-0.4, -0.2) is 8.07 Å². The zero-order chi connectivity index (χ0) is 9.19. The van der Waals surface area contributed by atoms with Crippen molar-refractivity contribution in [1.82, 2.24) is 0 Å². The summed E-state index contributed by atoms with van der Waals surface area (Å²) >= 11 is 5.70. The van der Waals surface area contributed by atoms with Gasteiger partial charge in [-0.25, -0.2) is 0 Å². The van der Waals surface area contributed by atoms with Gasteiger partial charge >= 0.3 is 0 Å². The highest BCUT2D eigenvalue weighted by Crippen LogP contribution is 2.06. The third kappa shape index (κ3) is 2.36. The molecule has 0 atom stereocenters. The average Bonchev–Trinajstić information content (AvgIpc) is 2.03. The van der Waals surface area contributed by atoms with Crippen molar-refractivity contribution in [2.45, 2.75) is 25.5 Å². The van der Waals surface area contributed by atoms with Crippen molar-refractivity contribution < 1.29 is 0 Å². The summed E-state index contributed by atoms with van der Waals surface area (Å²) in [4.78, 5) is 0. The molecule has 0 fully saturated rings. The monoisotopic (exact) mass is 198 g/mol. The van der Waals surface area contributed by atoms with Gasteiger partial charge in [-0.3, -0.25) is 0 Å². The lowest BCUT2D eigenvalue weighted by molar-refractivity contribution is 1.41. The molecular formula is C10H15ClSi. The first-order valence-electron chi connectivity index (χ1n) is 4.19. The van der Waals surface area contributed by atoms with Crippen molar-refractivity contribution >= 4 is 24.9 Å². The van der Waals surface area contributed by atoms with Crippen LogP contribution in [0.1, 0.15) is 5.56 Å². The Kier molecular flexibility index (Phi) is 2.97. The Hall–Kier alpha value is -0.273. The maximum atomic E-state index is 5.70. The molecule has 0 bridgehead atoms. The highest BCUT2D eigenvalue weighted by molar-refractivity contribution is 6.88. The average molecular weight is 199 g/mol. The molecule has 1 aromatic carbocycles. The van der Waals surface area contributed by atoms with Gasteiger partial charge < -0.3 is 0 Å². The van der Waals surface area contributed by atoms with E-state index in [1.54, 1.807) is 0 Å². The van der Waals surface area contributed by atoms with E-state index in [0.717, 1.165) is 0 Å². The molecule has 0 saturated heterocycles. The van der Waals surface area contributed by atoms with E-state index in [9.17, 15) is 0 Å². The van der Waals surface area contributed by atoms with Crippen molar-refractivity contribution in [3.63, 3.8) is 0 Å². The van der Waals surface area contributed by atoms with Gasteiger partial charge in [-0.05, 0) is 5.56 Å². The number of halogens is 1. The normalized spacial score (nSPS) is 11.7. The zero-order valence-electron chi connectivity index (χ0n) is 7.89. The summed E-state index contributed by atoms with van der Waals surface area (Å²) in [5, 5.41) is 1.50. The third-order valence-electron chi connectivity index (χ3n) is 1.97. The standard InChI is InChI=1S/C10H15ClSi/c1-12(2,3)10-6-4-9(8-11)5-7-10/h4-7H,8H2,1-3H3. The van der Waals surface area contributed by atoms with Gasteiger partial charge in [-0.15, -0.1) is 11.6 Å². The van der Waals surface area contributed by atoms with E-state index in [0.29, 0.717) is 5.88 Å². The SMILES string of the molecule is C[Si](C)(C)c1ccc(CCl)cc1. The van der Waals surface area contributed by atoms with Crippen molar-refractivity contribution in [3.05, 3.63) is 29.8 Å². The van der Waals surface area contributed by atoms with E-state index in [1.165, 1.54) is 10.8 Å². The molecular weight excluding hydrogens is 184 g/mol. The Morgan fingerprint density at radius 1 is 1.08 bits per heavy atom. The molecule has 0 unspecified atom stereocenters. The third-order valence-corrected chi connectivity index (χ3v) is 4.35. The molecule has 0 radical (unpaired) electrons. The van der Waals surface area contributed by atoms with E-state index in [4.69, 9.17) is 11.6 Å². The van der Waals surface area contributed by atoms with Crippen LogP contribution in [0.15, 0.2) is 24.3 Å². The van der Waals surface area contributed by atoms with Gasteiger partial charge in [0.25, 0.3) is 0 Å². The highest BCUT2D eigenvalue weighted by Gasteiger charge is 2.15. The van der Waals surface area contributed by atoms with Crippen LogP contribution in [0.25, 0.3) is 0 Å². The van der Waals surface area contributed by atoms with Crippen LogP contribution >= 0.6 is 11.6 Å². The topological polar surface area (TPSA) is 0 Å². The zero-order valence-corrected chi connectivity index (χ0v) is 9.65. The summed E-state index contributed by atoms with van der Waals surface area (Å²) in [6.45, 7) is 7.05. The lowest BCUT2D eigenvalue weighted by Gasteiger charge is -2.16. The first-order chi connectivity index (χ1) is 5.54. The van der Waals surface area contributed by atoms with Crippen LogP contribution in [0.5, 0.6) is 0 Å². The van der Waals surface area contributed by atoms with Crippen LogP contribution in [-0.2, 0) is 5.88 Å². The molecule has 0 spiro atoms. The summed E-state index contributed by atoms with van der Waals surface area (Å²) in [5.41, 5.74) is 1.21. The maximum Gasteiger partial charge on any atom is 0.0775 e. The second kappa shape index (κ2) is 3.63. The van der Waals surface area contributed by atoms with Crippen molar-refractivity contribution in [2.75, 3.05) is 0 Å². The Morgan fingerprint density at radius 2 is 1.58 bits per heavy atom. The molecule has 0 amide bonds. The Bertz CT molecular complexity index is 246. The van der Waals surface area contributed by atoms with E-state index in [2.05, 4.69) is 43.9 Å². The second-order valence-corrected chi connectivity index (χ2v) is 9.43. The maximum absolute atomic E-state index is 5.70. The molecule has 0 N–H and O–H groups in total. The smallest absolute Gasteiger partial charge is 0.0775 e. The quantitative estimate of drug-likeness (QED) is 0.507. The lowest BCUT2D eigenvalue weighted by atomic mass is 10.2. The molecule has 0 aromatic heterocycles.